The summed E-state index contributed by atoms with van der Waals surface area (Å²) < 4.78 is 0. The Morgan fingerprint density at radius 1 is 0.667 bits per heavy atom. The van der Waals surface area contributed by atoms with E-state index in [1.807, 2.05) is 0 Å². The van der Waals surface area contributed by atoms with E-state index in [2.05, 4.69) is 41.5 Å². The van der Waals surface area contributed by atoms with Crippen LogP contribution in [0.15, 0.2) is 0 Å². The van der Waals surface area contributed by atoms with Crippen molar-refractivity contribution in [3.05, 3.63) is 0 Å². The summed E-state index contributed by atoms with van der Waals surface area (Å²) in [4.78, 5) is 0. The quantitative estimate of drug-likeness (QED) is 0.512. The normalized spacial score (nSPS) is 24.0. The van der Waals surface area contributed by atoms with E-state index < -0.39 is 0 Å². The lowest BCUT2D eigenvalue weighted by Crippen LogP contribution is -2.12. The molecular weight excluding hydrogens is 216 g/mol. The fourth-order valence-corrected chi connectivity index (χ4v) is 2.71. The Morgan fingerprint density at radius 2 is 0.944 bits per heavy atom. The van der Waals surface area contributed by atoms with Gasteiger partial charge in [-0.25, -0.2) is 0 Å². The lowest BCUT2D eigenvalue weighted by atomic mass is 9.80. The first-order valence-corrected chi connectivity index (χ1v) is 8.49. The van der Waals surface area contributed by atoms with Gasteiger partial charge in [-0.15, -0.1) is 0 Å². The Labute approximate surface area is 117 Å². The molecule has 0 atom stereocenters. The van der Waals surface area contributed by atoms with Crippen molar-refractivity contribution < 1.29 is 0 Å². The fourth-order valence-electron chi connectivity index (χ4n) is 2.71. The monoisotopic (exact) mass is 254 g/mol. The zero-order valence-electron chi connectivity index (χ0n) is 14.0. The summed E-state index contributed by atoms with van der Waals surface area (Å²) in [5.74, 6) is 3.92. The zero-order valence-corrected chi connectivity index (χ0v) is 14.0. The predicted molar refractivity (Wildman–Crippen MR) is 84.9 cm³/mol. The van der Waals surface area contributed by atoms with Crippen molar-refractivity contribution in [2.24, 2.45) is 23.7 Å². The third kappa shape index (κ3) is 9.97. The molecule has 0 N–H and O–H groups in total. The molecule has 1 fully saturated rings. The second-order valence-corrected chi connectivity index (χ2v) is 7.07. The van der Waals surface area contributed by atoms with Crippen molar-refractivity contribution in [2.75, 3.05) is 0 Å². The summed E-state index contributed by atoms with van der Waals surface area (Å²) in [6.07, 6.45) is 11.6. The molecule has 1 saturated carbocycles. The van der Waals surface area contributed by atoms with Crippen molar-refractivity contribution in [2.45, 2.75) is 92.9 Å². The molecule has 1 aliphatic rings. The third-order valence-electron chi connectivity index (χ3n) is 4.44. The molecule has 0 heterocycles. The Kier molecular flexibility index (Phi) is 10.9. The molecule has 0 aromatic carbocycles. The minimum atomic E-state index is 0.886. The van der Waals surface area contributed by atoms with Gasteiger partial charge in [-0.2, -0.15) is 0 Å². The molecule has 0 bridgehead atoms. The van der Waals surface area contributed by atoms with Gasteiger partial charge in [-0.1, -0.05) is 92.9 Å². The van der Waals surface area contributed by atoms with Gasteiger partial charge in [0.1, 0.15) is 0 Å². The van der Waals surface area contributed by atoms with Crippen LogP contribution in [0, 0.1) is 23.7 Å². The molecule has 0 amide bonds. The van der Waals surface area contributed by atoms with E-state index in [0.717, 1.165) is 23.7 Å². The van der Waals surface area contributed by atoms with Crippen LogP contribution >= 0.6 is 0 Å². The first-order valence-electron chi connectivity index (χ1n) is 8.49. The first kappa shape index (κ1) is 18.0. The van der Waals surface area contributed by atoms with Crippen LogP contribution in [0.3, 0.4) is 0 Å². The number of hydrogen-bond donors (Lipinski definition) is 0. The molecule has 0 unspecified atom stereocenters. The van der Waals surface area contributed by atoms with Crippen molar-refractivity contribution >= 4 is 0 Å². The average Bonchev–Trinajstić information content (AvgIpc) is 2.37. The summed E-state index contributed by atoms with van der Waals surface area (Å²) in [5.41, 5.74) is 0. The summed E-state index contributed by atoms with van der Waals surface area (Å²) in [6.45, 7) is 13.8. The molecular formula is C18H38. The molecule has 110 valence electrons. The Hall–Kier alpha value is 0. The standard InChI is InChI=1S/C10H20.C8H18/c1-3-9-5-7-10(4-2)8-6-9;1-7(2)5-6-8(3)4/h9-10H,3-8H2,1-2H3;7-8H,5-6H2,1-4H3. The molecule has 1 rings (SSSR count). The van der Waals surface area contributed by atoms with E-state index in [4.69, 9.17) is 0 Å². The van der Waals surface area contributed by atoms with Crippen molar-refractivity contribution in [1.82, 2.24) is 0 Å². The highest BCUT2D eigenvalue weighted by molar-refractivity contribution is 4.70. The van der Waals surface area contributed by atoms with Crippen LogP contribution in [0.1, 0.15) is 92.9 Å². The minimum Gasteiger partial charge on any atom is -0.0651 e. The van der Waals surface area contributed by atoms with E-state index >= 15 is 0 Å². The van der Waals surface area contributed by atoms with Gasteiger partial charge >= 0.3 is 0 Å². The maximum atomic E-state index is 2.33. The van der Waals surface area contributed by atoms with Crippen LogP contribution in [-0.2, 0) is 0 Å². The van der Waals surface area contributed by atoms with Gasteiger partial charge in [0.05, 0.1) is 0 Å². The lowest BCUT2D eigenvalue weighted by Gasteiger charge is -2.26. The van der Waals surface area contributed by atoms with Crippen LogP contribution in [-0.4, -0.2) is 0 Å². The highest BCUT2D eigenvalue weighted by atomic mass is 14.2. The molecule has 0 nitrogen and oxygen atoms in total. The average molecular weight is 255 g/mol. The summed E-state index contributed by atoms with van der Waals surface area (Å²) >= 11 is 0. The van der Waals surface area contributed by atoms with Crippen LogP contribution in [0.4, 0.5) is 0 Å². The van der Waals surface area contributed by atoms with Gasteiger partial charge < -0.3 is 0 Å². The highest BCUT2D eigenvalue weighted by Gasteiger charge is 2.17. The molecule has 0 spiro atoms. The summed E-state index contributed by atoms with van der Waals surface area (Å²) in [7, 11) is 0. The van der Waals surface area contributed by atoms with Crippen LogP contribution in [0.5, 0.6) is 0 Å². The van der Waals surface area contributed by atoms with E-state index in [1.165, 1.54) is 51.4 Å². The predicted octanol–water partition coefficient (Wildman–Crippen LogP) is 6.69. The second kappa shape index (κ2) is 10.9. The fraction of sp³-hybridized carbons (Fsp3) is 1.00. The molecule has 0 saturated heterocycles. The Bertz CT molecular complexity index is 141. The van der Waals surface area contributed by atoms with Gasteiger partial charge in [-0.3, -0.25) is 0 Å². The SMILES string of the molecule is CC(C)CCC(C)C.CCC1CCC(CC)CC1. The Balaban J connectivity index is 0.000000331. The van der Waals surface area contributed by atoms with Crippen molar-refractivity contribution in [3.63, 3.8) is 0 Å². The maximum absolute atomic E-state index is 2.33. The minimum absolute atomic E-state index is 0.886. The molecule has 0 heteroatoms. The van der Waals surface area contributed by atoms with E-state index in [0.29, 0.717) is 0 Å². The lowest BCUT2D eigenvalue weighted by molar-refractivity contribution is 0.264. The number of rotatable bonds is 5. The van der Waals surface area contributed by atoms with Crippen molar-refractivity contribution in [3.8, 4) is 0 Å². The topological polar surface area (TPSA) is 0 Å². The molecule has 0 aromatic rings. The van der Waals surface area contributed by atoms with Gasteiger partial charge in [-0.05, 0) is 23.7 Å². The number of hydrogen-bond acceptors (Lipinski definition) is 0. The molecule has 0 aromatic heterocycles. The van der Waals surface area contributed by atoms with Gasteiger partial charge in [0.2, 0.25) is 0 Å². The maximum Gasteiger partial charge on any atom is -0.0417 e. The second-order valence-electron chi connectivity index (χ2n) is 7.07. The van der Waals surface area contributed by atoms with Crippen LogP contribution in [0.2, 0.25) is 0 Å². The molecule has 0 radical (unpaired) electrons. The van der Waals surface area contributed by atoms with Gasteiger partial charge in [0, 0.05) is 0 Å². The Morgan fingerprint density at radius 3 is 1.11 bits per heavy atom. The third-order valence-corrected chi connectivity index (χ3v) is 4.44. The van der Waals surface area contributed by atoms with Crippen molar-refractivity contribution in [1.29, 1.82) is 0 Å². The van der Waals surface area contributed by atoms with Gasteiger partial charge in [0.15, 0.2) is 0 Å². The van der Waals surface area contributed by atoms with E-state index in [9.17, 15) is 0 Å². The van der Waals surface area contributed by atoms with Crippen LogP contribution in [0.25, 0.3) is 0 Å². The molecule has 1 aliphatic carbocycles. The summed E-state index contributed by atoms with van der Waals surface area (Å²) in [5, 5.41) is 0. The van der Waals surface area contributed by atoms with E-state index in [1.54, 1.807) is 0 Å². The smallest absolute Gasteiger partial charge is 0.0417 e. The molecule has 18 heavy (non-hydrogen) atoms. The van der Waals surface area contributed by atoms with Gasteiger partial charge in [0.25, 0.3) is 0 Å². The largest absolute Gasteiger partial charge is 0.0651 e. The molecule has 0 aliphatic heterocycles. The highest BCUT2D eigenvalue weighted by Crippen LogP contribution is 2.31. The van der Waals surface area contributed by atoms with E-state index in [-0.39, 0.29) is 0 Å². The summed E-state index contributed by atoms with van der Waals surface area (Å²) in [6, 6.07) is 0. The first-order chi connectivity index (χ1) is 8.49. The zero-order chi connectivity index (χ0) is 14.0. The van der Waals surface area contributed by atoms with Crippen LogP contribution < -0.4 is 0 Å².